The van der Waals surface area contributed by atoms with Gasteiger partial charge in [-0.3, -0.25) is 4.79 Å². The fraction of sp³-hybridized carbons (Fsp3) is 0. The van der Waals surface area contributed by atoms with Gasteiger partial charge in [-0.25, -0.2) is 4.98 Å². The third-order valence-electron chi connectivity index (χ3n) is 2.31. The van der Waals surface area contributed by atoms with Crippen LogP contribution in [0.15, 0.2) is 36.5 Å². The third-order valence-corrected chi connectivity index (χ3v) is 2.54. The van der Waals surface area contributed by atoms with Gasteiger partial charge in [-0.1, -0.05) is 23.7 Å². The topological polar surface area (TPSA) is 53.8 Å². The van der Waals surface area contributed by atoms with Crippen molar-refractivity contribution >= 4 is 17.9 Å². The number of pyridine rings is 1. The van der Waals surface area contributed by atoms with Gasteiger partial charge in [0.15, 0.2) is 12.0 Å². The van der Waals surface area contributed by atoms with E-state index in [2.05, 4.69) is 4.98 Å². The van der Waals surface area contributed by atoms with E-state index in [1.807, 2.05) is 18.2 Å². The monoisotopic (exact) mass is 242 g/mol. The zero-order valence-corrected chi connectivity index (χ0v) is 9.48. The first-order valence-corrected chi connectivity index (χ1v) is 5.23. The summed E-state index contributed by atoms with van der Waals surface area (Å²) in [5.41, 5.74) is 2.03. The molecule has 0 atom stereocenters. The van der Waals surface area contributed by atoms with Gasteiger partial charge < -0.3 is 0 Å². The Morgan fingerprint density at radius 3 is 2.76 bits per heavy atom. The highest BCUT2D eigenvalue weighted by molar-refractivity contribution is 6.30. The molecule has 0 radical (unpaired) electrons. The van der Waals surface area contributed by atoms with Crippen molar-refractivity contribution in [2.75, 3.05) is 0 Å². The minimum absolute atomic E-state index is 0.130. The van der Waals surface area contributed by atoms with Crippen LogP contribution in [0.4, 0.5) is 0 Å². The number of rotatable bonds is 2. The highest BCUT2D eigenvalue weighted by atomic mass is 35.5. The van der Waals surface area contributed by atoms with E-state index >= 15 is 0 Å². The Morgan fingerprint density at radius 2 is 2.12 bits per heavy atom. The average Bonchev–Trinajstić information content (AvgIpc) is 2.38. The molecule has 0 saturated heterocycles. The lowest BCUT2D eigenvalue weighted by Crippen LogP contribution is -1.93. The van der Waals surface area contributed by atoms with E-state index in [0.29, 0.717) is 11.3 Å². The normalized spacial score (nSPS) is 9.65. The van der Waals surface area contributed by atoms with Crippen molar-refractivity contribution in [3.8, 4) is 17.2 Å². The molecular formula is C13H7ClN2O. The first-order chi connectivity index (χ1) is 8.24. The smallest absolute Gasteiger partial charge is 0.152 e. The molecule has 0 aliphatic rings. The van der Waals surface area contributed by atoms with Gasteiger partial charge in [0.2, 0.25) is 0 Å². The molecule has 3 nitrogen and oxygen atoms in total. The van der Waals surface area contributed by atoms with Crippen molar-refractivity contribution in [3.63, 3.8) is 0 Å². The Labute approximate surface area is 103 Å². The van der Waals surface area contributed by atoms with E-state index in [0.717, 1.165) is 11.1 Å². The van der Waals surface area contributed by atoms with Crippen LogP contribution in [0.5, 0.6) is 0 Å². The molecular weight excluding hydrogens is 236 g/mol. The number of halogens is 1. The summed E-state index contributed by atoms with van der Waals surface area (Å²) in [6, 6.07) is 10.7. The van der Waals surface area contributed by atoms with Gasteiger partial charge in [0, 0.05) is 16.8 Å². The van der Waals surface area contributed by atoms with E-state index in [9.17, 15) is 4.79 Å². The highest BCUT2D eigenvalue weighted by Gasteiger charge is 2.06. The van der Waals surface area contributed by atoms with Crippen LogP contribution in [0.1, 0.15) is 16.1 Å². The highest BCUT2D eigenvalue weighted by Crippen LogP contribution is 2.23. The van der Waals surface area contributed by atoms with Crippen molar-refractivity contribution < 1.29 is 4.79 Å². The van der Waals surface area contributed by atoms with Gasteiger partial charge in [0.25, 0.3) is 0 Å². The molecule has 0 aliphatic carbocycles. The Hall–Kier alpha value is -2.18. The van der Waals surface area contributed by atoms with Crippen LogP contribution in [0.2, 0.25) is 5.02 Å². The van der Waals surface area contributed by atoms with Crippen LogP contribution in [0, 0.1) is 11.3 Å². The lowest BCUT2D eigenvalue weighted by Gasteiger charge is -2.03. The van der Waals surface area contributed by atoms with Crippen molar-refractivity contribution in [1.82, 2.24) is 4.98 Å². The van der Waals surface area contributed by atoms with Gasteiger partial charge in [0.1, 0.15) is 6.07 Å². The largest absolute Gasteiger partial charge is 0.298 e. The fourth-order valence-corrected chi connectivity index (χ4v) is 1.68. The SMILES string of the molecule is N#Cc1ncc(-c2cccc(Cl)c2)cc1C=O. The van der Waals surface area contributed by atoms with E-state index < -0.39 is 0 Å². The first-order valence-electron chi connectivity index (χ1n) is 4.86. The molecule has 82 valence electrons. The Morgan fingerprint density at radius 1 is 1.29 bits per heavy atom. The van der Waals surface area contributed by atoms with Crippen LogP contribution in [0.25, 0.3) is 11.1 Å². The molecule has 0 fully saturated rings. The third kappa shape index (κ3) is 2.32. The predicted octanol–water partition coefficient (Wildman–Crippen LogP) is 3.09. The summed E-state index contributed by atoms with van der Waals surface area (Å²) in [5.74, 6) is 0. The van der Waals surface area contributed by atoms with E-state index in [1.54, 1.807) is 24.4 Å². The summed E-state index contributed by atoms with van der Waals surface area (Å²) in [7, 11) is 0. The molecule has 2 aromatic rings. The molecule has 1 aromatic carbocycles. The van der Waals surface area contributed by atoms with Crippen molar-refractivity contribution in [2.45, 2.75) is 0 Å². The zero-order valence-electron chi connectivity index (χ0n) is 8.72. The van der Waals surface area contributed by atoms with E-state index in [-0.39, 0.29) is 11.3 Å². The van der Waals surface area contributed by atoms with Gasteiger partial charge in [-0.15, -0.1) is 0 Å². The number of aromatic nitrogens is 1. The lowest BCUT2D eigenvalue weighted by molar-refractivity contribution is 0.112. The lowest BCUT2D eigenvalue weighted by atomic mass is 10.1. The van der Waals surface area contributed by atoms with E-state index in [1.165, 1.54) is 0 Å². The van der Waals surface area contributed by atoms with Gasteiger partial charge in [-0.2, -0.15) is 5.26 Å². The summed E-state index contributed by atoms with van der Waals surface area (Å²) in [4.78, 5) is 14.8. The summed E-state index contributed by atoms with van der Waals surface area (Å²) in [6.07, 6.45) is 2.18. The molecule has 1 heterocycles. The number of carbonyl (C=O) groups is 1. The van der Waals surface area contributed by atoms with E-state index in [4.69, 9.17) is 16.9 Å². The number of hydrogen-bond acceptors (Lipinski definition) is 3. The molecule has 0 unspecified atom stereocenters. The maximum atomic E-state index is 10.8. The number of nitrogens with zero attached hydrogens (tertiary/aromatic N) is 2. The molecule has 2 rings (SSSR count). The molecule has 4 heteroatoms. The second-order valence-electron chi connectivity index (χ2n) is 3.40. The Balaban J connectivity index is 2.55. The van der Waals surface area contributed by atoms with Gasteiger partial charge in [-0.05, 0) is 23.8 Å². The number of benzene rings is 1. The maximum absolute atomic E-state index is 10.8. The first kappa shape index (κ1) is 11.3. The minimum atomic E-state index is 0.130. The number of aldehydes is 1. The molecule has 1 aromatic heterocycles. The fourth-order valence-electron chi connectivity index (χ4n) is 1.49. The van der Waals surface area contributed by atoms with Crippen LogP contribution >= 0.6 is 11.6 Å². The molecule has 0 saturated carbocycles. The molecule has 0 amide bonds. The van der Waals surface area contributed by atoms with Crippen LogP contribution in [-0.4, -0.2) is 11.3 Å². The van der Waals surface area contributed by atoms with Crippen LogP contribution in [0.3, 0.4) is 0 Å². The standard InChI is InChI=1S/C13H7ClN2O/c14-12-3-1-2-9(5-12)10-4-11(8-17)13(6-15)16-7-10/h1-5,7-8H. The Bertz CT molecular complexity index is 617. The number of hydrogen-bond donors (Lipinski definition) is 0. The van der Waals surface area contributed by atoms with Crippen molar-refractivity contribution in [2.24, 2.45) is 0 Å². The number of carbonyl (C=O) groups excluding carboxylic acids is 1. The van der Waals surface area contributed by atoms with Gasteiger partial charge >= 0.3 is 0 Å². The van der Waals surface area contributed by atoms with Crippen LogP contribution < -0.4 is 0 Å². The summed E-state index contributed by atoms with van der Waals surface area (Å²) >= 11 is 5.88. The summed E-state index contributed by atoms with van der Waals surface area (Å²) < 4.78 is 0. The maximum Gasteiger partial charge on any atom is 0.152 e. The quantitative estimate of drug-likeness (QED) is 0.761. The molecule has 0 bridgehead atoms. The second-order valence-corrected chi connectivity index (χ2v) is 3.84. The number of nitriles is 1. The minimum Gasteiger partial charge on any atom is -0.298 e. The zero-order chi connectivity index (χ0) is 12.3. The van der Waals surface area contributed by atoms with Crippen molar-refractivity contribution in [1.29, 1.82) is 5.26 Å². The molecule has 0 spiro atoms. The molecule has 0 N–H and O–H groups in total. The average molecular weight is 243 g/mol. The summed E-state index contributed by atoms with van der Waals surface area (Å²) in [6.45, 7) is 0. The predicted molar refractivity (Wildman–Crippen MR) is 64.8 cm³/mol. The van der Waals surface area contributed by atoms with Gasteiger partial charge in [0.05, 0.1) is 5.56 Å². The Kier molecular flexibility index (Phi) is 3.17. The molecule has 0 aliphatic heterocycles. The molecule has 17 heavy (non-hydrogen) atoms. The summed E-state index contributed by atoms with van der Waals surface area (Å²) in [5, 5.41) is 9.37. The van der Waals surface area contributed by atoms with Crippen molar-refractivity contribution in [3.05, 3.63) is 52.8 Å². The van der Waals surface area contributed by atoms with Crippen LogP contribution in [-0.2, 0) is 0 Å². The second kappa shape index (κ2) is 4.77.